The molecule has 0 saturated heterocycles. The normalized spacial score (nSPS) is 13.4. The average molecular weight is 363 g/mol. The van der Waals surface area contributed by atoms with Crippen LogP contribution in [0.1, 0.15) is 17.7 Å². The fourth-order valence-electron chi connectivity index (χ4n) is 3.78. The second-order valence-electron chi connectivity index (χ2n) is 6.42. The van der Waals surface area contributed by atoms with Crippen molar-refractivity contribution in [3.05, 3.63) is 35.5 Å². The van der Waals surface area contributed by atoms with Gasteiger partial charge in [-0.05, 0) is 48.1 Å². The largest absolute Gasteiger partial charge is 0.497 e. The summed E-state index contributed by atoms with van der Waals surface area (Å²) in [6, 6.07) is 8.14. The molecular weight excluding hydrogens is 346 g/mol. The van der Waals surface area contributed by atoms with Gasteiger partial charge in [-0.2, -0.15) is 4.98 Å². The van der Waals surface area contributed by atoms with Gasteiger partial charge in [-0.1, -0.05) is 12.1 Å². The quantitative estimate of drug-likeness (QED) is 0.565. The van der Waals surface area contributed by atoms with Crippen LogP contribution in [0.25, 0.3) is 31.6 Å². The van der Waals surface area contributed by atoms with Crippen molar-refractivity contribution in [2.45, 2.75) is 19.3 Å². The summed E-state index contributed by atoms with van der Waals surface area (Å²) in [6.45, 7) is 0. The van der Waals surface area contributed by atoms with Gasteiger partial charge in [0.1, 0.15) is 16.4 Å². The number of ether oxygens (including phenoxy) is 1. The van der Waals surface area contributed by atoms with Gasteiger partial charge in [-0.25, -0.2) is 9.97 Å². The number of nitrogens with two attached hydrogens (primary N) is 2. The molecular formula is C19H17N5OS. The van der Waals surface area contributed by atoms with Crippen molar-refractivity contribution in [3.8, 4) is 16.9 Å². The summed E-state index contributed by atoms with van der Waals surface area (Å²) in [5.74, 6) is 1.44. The summed E-state index contributed by atoms with van der Waals surface area (Å²) >= 11 is 1.54. The highest BCUT2D eigenvalue weighted by Gasteiger charge is 2.24. The molecule has 26 heavy (non-hydrogen) atoms. The number of nitrogens with zero attached hydrogens (tertiary/aromatic N) is 3. The van der Waals surface area contributed by atoms with Gasteiger partial charge in [0, 0.05) is 11.1 Å². The number of anilines is 2. The number of fused-ring (bicyclic) bond motifs is 4. The van der Waals surface area contributed by atoms with E-state index in [4.69, 9.17) is 21.2 Å². The summed E-state index contributed by atoms with van der Waals surface area (Å²) < 4.78 is 6.16. The number of rotatable bonds is 2. The number of methoxy groups -OCH3 is 1. The summed E-state index contributed by atoms with van der Waals surface area (Å²) in [5.41, 5.74) is 17.6. The third kappa shape index (κ3) is 2.13. The third-order valence-corrected chi connectivity index (χ3v) is 6.01. The Bertz CT molecular complexity index is 1170. The Morgan fingerprint density at radius 2 is 1.85 bits per heavy atom. The number of aromatic nitrogens is 3. The van der Waals surface area contributed by atoms with Crippen LogP contribution in [0.3, 0.4) is 0 Å². The lowest BCUT2D eigenvalue weighted by atomic mass is 9.96. The van der Waals surface area contributed by atoms with Crippen molar-refractivity contribution in [3.63, 3.8) is 0 Å². The first kappa shape index (κ1) is 15.3. The predicted octanol–water partition coefficient (Wildman–Crippen LogP) is 3.57. The van der Waals surface area contributed by atoms with E-state index in [2.05, 4.69) is 22.1 Å². The molecule has 3 aromatic heterocycles. The molecule has 1 aliphatic rings. The molecule has 0 fully saturated rings. The Morgan fingerprint density at radius 3 is 2.62 bits per heavy atom. The van der Waals surface area contributed by atoms with Crippen LogP contribution in [0.4, 0.5) is 11.8 Å². The maximum absolute atomic E-state index is 6.11. The van der Waals surface area contributed by atoms with E-state index in [1.54, 1.807) is 7.11 Å². The van der Waals surface area contributed by atoms with Crippen LogP contribution >= 0.6 is 11.3 Å². The molecule has 0 unspecified atom stereocenters. The minimum atomic E-state index is 0.191. The zero-order valence-electron chi connectivity index (χ0n) is 14.2. The SMILES string of the molecule is COc1ccc(-c2c3c(nc4sc5c(N)nc(N)nc5c24)CCC3)cc1. The van der Waals surface area contributed by atoms with Crippen LogP contribution in [0.5, 0.6) is 5.75 Å². The Hall–Kier alpha value is -2.93. The third-order valence-electron chi connectivity index (χ3n) is 4.91. The summed E-state index contributed by atoms with van der Waals surface area (Å²) in [6.07, 6.45) is 3.15. The van der Waals surface area contributed by atoms with E-state index < -0.39 is 0 Å². The average Bonchev–Trinajstić information content (AvgIpc) is 3.24. The van der Waals surface area contributed by atoms with Crippen LogP contribution in [0, 0.1) is 0 Å². The van der Waals surface area contributed by atoms with Gasteiger partial charge in [0.2, 0.25) is 5.95 Å². The van der Waals surface area contributed by atoms with E-state index in [1.165, 1.54) is 28.2 Å². The van der Waals surface area contributed by atoms with Gasteiger partial charge in [0.05, 0.1) is 17.3 Å². The van der Waals surface area contributed by atoms with E-state index in [1.807, 2.05) is 12.1 Å². The van der Waals surface area contributed by atoms with Gasteiger partial charge in [0.25, 0.3) is 0 Å². The topological polar surface area (TPSA) is 99.9 Å². The standard InChI is InChI=1S/C19H17N5OS/c1-25-10-7-5-9(6-8-10)13-11-3-2-4-12(11)22-18-14(13)15-16(26-18)17(20)24-19(21)23-15/h5-8H,2-4H2,1H3,(H4,20,21,23,24). The highest BCUT2D eigenvalue weighted by atomic mass is 32.1. The van der Waals surface area contributed by atoms with E-state index >= 15 is 0 Å². The van der Waals surface area contributed by atoms with Gasteiger partial charge in [-0.3, -0.25) is 0 Å². The lowest BCUT2D eigenvalue weighted by Crippen LogP contribution is -1.99. The van der Waals surface area contributed by atoms with E-state index in [9.17, 15) is 0 Å². The van der Waals surface area contributed by atoms with E-state index in [0.29, 0.717) is 5.82 Å². The van der Waals surface area contributed by atoms with Crippen LogP contribution < -0.4 is 16.2 Å². The number of benzene rings is 1. The zero-order valence-corrected chi connectivity index (χ0v) is 15.1. The molecule has 1 aliphatic carbocycles. The van der Waals surface area contributed by atoms with Crippen LogP contribution in [-0.4, -0.2) is 22.1 Å². The Kier molecular flexibility index (Phi) is 3.27. The first-order valence-electron chi connectivity index (χ1n) is 8.47. The molecule has 0 atom stereocenters. The molecule has 3 heterocycles. The first-order valence-corrected chi connectivity index (χ1v) is 9.28. The molecule has 1 aromatic carbocycles. The fraction of sp³-hybridized carbons (Fsp3) is 0.211. The molecule has 0 amide bonds. The highest BCUT2D eigenvalue weighted by molar-refractivity contribution is 7.26. The van der Waals surface area contributed by atoms with Crippen molar-refractivity contribution in [1.29, 1.82) is 0 Å². The second-order valence-corrected chi connectivity index (χ2v) is 7.42. The van der Waals surface area contributed by atoms with Crippen LogP contribution in [0.2, 0.25) is 0 Å². The Balaban J connectivity index is 1.92. The van der Waals surface area contributed by atoms with Gasteiger partial charge in [0.15, 0.2) is 0 Å². The summed E-state index contributed by atoms with van der Waals surface area (Å²) in [5, 5.41) is 1.02. The summed E-state index contributed by atoms with van der Waals surface area (Å²) in [7, 11) is 1.67. The lowest BCUT2D eigenvalue weighted by Gasteiger charge is -2.11. The van der Waals surface area contributed by atoms with Gasteiger partial charge < -0.3 is 16.2 Å². The zero-order chi connectivity index (χ0) is 17.8. The maximum Gasteiger partial charge on any atom is 0.222 e. The van der Waals surface area contributed by atoms with Crippen molar-refractivity contribution in [1.82, 2.24) is 15.0 Å². The molecule has 0 spiro atoms. The maximum atomic E-state index is 6.11. The molecule has 6 nitrogen and oxygen atoms in total. The molecule has 130 valence electrons. The molecule has 0 radical (unpaired) electrons. The van der Waals surface area contributed by atoms with Crippen molar-refractivity contribution in [2.75, 3.05) is 18.6 Å². The predicted molar refractivity (Wildman–Crippen MR) is 106 cm³/mol. The highest BCUT2D eigenvalue weighted by Crippen LogP contribution is 2.44. The minimum Gasteiger partial charge on any atom is -0.497 e. The Morgan fingerprint density at radius 1 is 1.04 bits per heavy atom. The molecule has 4 N–H and O–H groups in total. The van der Waals surface area contributed by atoms with Gasteiger partial charge in [-0.15, -0.1) is 11.3 Å². The number of hydrogen-bond acceptors (Lipinski definition) is 7. The van der Waals surface area contributed by atoms with Gasteiger partial charge >= 0.3 is 0 Å². The van der Waals surface area contributed by atoms with Crippen LogP contribution in [-0.2, 0) is 12.8 Å². The number of hydrogen-bond donors (Lipinski definition) is 2. The number of pyridine rings is 1. The van der Waals surface area contributed by atoms with E-state index in [0.717, 1.165) is 51.0 Å². The second kappa shape index (κ2) is 5.54. The molecule has 7 heteroatoms. The van der Waals surface area contributed by atoms with Crippen molar-refractivity contribution < 1.29 is 4.74 Å². The monoisotopic (exact) mass is 363 g/mol. The molecule has 0 bridgehead atoms. The van der Waals surface area contributed by atoms with Crippen molar-refractivity contribution in [2.24, 2.45) is 0 Å². The first-order chi connectivity index (χ1) is 12.7. The molecule has 5 rings (SSSR count). The smallest absolute Gasteiger partial charge is 0.222 e. The molecule has 0 saturated carbocycles. The Labute approximate surface area is 153 Å². The lowest BCUT2D eigenvalue weighted by molar-refractivity contribution is 0.415. The van der Waals surface area contributed by atoms with Crippen molar-refractivity contribution >= 4 is 43.5 Å². The number of nitrogen functional groups attached to an aromatic ring is 2. The van der Waals surface area contributed by atoms with Crippen LogP contribution in [0.15, 0.2) is 24.3 Å². The number of thiophene rings is 1. The molecule has 4 aromatic rings. The number of aryl methyl sites for hydroxylation is 1. The molecule has 0 aliphatic heterocycles. The summed E-state index contributed by atoms with van der Waals surface area (Å²) in [4.78, 5) is 14.5. The van der Waals surface area contributed by atoms with E-state index in [-0.39, 0.29) is 5.95 Å². The fourth-order valence-corrected chi connectivity index (χ4v) is 4.82. The minimum absolute atomic E-state index is 0.191.